The lowest BCUT2D eigenvalue weighted by molar-refractivity contribution is -0.384. The molecule has 0 atom stereocenters. The minimum absolute atomic E-state index is 0.114. The molecule has 4 nitrogen and oxygen atoms in total. The summed E-state index contributed by atoms with van der Waals surface area (Å²) in [6.45, 7) is 0.667. The van der Waals surface area contributed by atoms with Crippen molar-refractivity contribution in [2.75, 3.05) is 11.9 Å². The molecule has 0 aliphatic heterocycles. The van der Waals surface area contributed by atoms with Gasteiger partial charge in [0.1, 0.15) is 5.69 Å². The van der Waals surface area contributed by atoms with Crippen LogP contribution in [0.5, 0.6) is 0 Å². The van der Waals surface area contributed by atoms with E-state index in [0.717, 1.165) is 0 Å². The van der Waals surface area contributed by atoms with Crippen molar-refractivity contribution < 1.29 is 4.92 Å². The second-order valence-electron chi connectivity index (χ2n) is 3.83. The lowest BCUT2D eigenvalue weighted by Crippen LogP contribution is -2.16. The zero-order valence-electron chi connectivity index (χ0n) is 9.67. The standard InChI is InChI=1S/C12H11BrN2O2S/c1-14(8-10-3-2-6-18-10)11-5-4-9(13)7-12(11)15(16)17/h2-7H,8H2,1H3. The van der Waals surface area contributed by atoms with Gasteiger partial charge in [-0.05, 0) is 23.6 Å². The van der Waals surface area contributed by atoms with Gasteiger partial charge in [0.25, 0.3) is 5.69 Å². The average molecular weight is 327 g/mol. The molecule has 2 aromatic rings. The highest BCUT2D eigenvalue weighted by Crippen LogP contribution is 2.31. The first-order valence-corrected chi connectivity index (χ1v) is 6.92. The van der Waals surface area contributed by atoms with Crippen LogP contribution in [0.1, 0.15) is 4.88 Å². The molecule has 0 fully saturated rings. The quantitative estimate of drug-likeness (QED) is 0.628. The first-order valence-electron chi connectivity index (χ1n) is 5.25. The van der Waals surface area contributed by atoms with Crippen LogP contribution >= 0.6 is 27.3 Å². The van der Waals surface area contributed by atoms with Crippen molar-refractivity contribution in [2.45, 2.75) is 6.54 Å². The van der Waals surface area contributed by atoms with Crippen molar-refractivity contribution in [3.05, 3.63) is 55.2 Å². The molecule has 2 rings (SSSR count). The van der Waals surface area contributed by atoms with Gasteiger partial charge < -0.3 is 4.90 Å². The second-order valence-corrected chi connectivity index (χ2v) is 5.77. The molecule has 0 saturated carbocycles. The van der Waals surface area contributed by atoms with Crippen LogP contribution in [0.25, 0.3) is 0 Å². The molecule has 0 saturated heterocycles. The molecule has 0 unspecified atom stereocenters. The third kappa shape index (κ3) is 2.88. The predicted molar refractivity (Wildman–Crippen MR) is 77.2 cm³/mol. The predicted octanol–water partition coefficient (Wildman–Crippen LogP) is 4.06. The summed E-state index contributed by atoms with van der Waals surface area (Å²) in [6.07, 6.45) is 0. The van der Waals surface area contributed by atoms with Crippen LogP contribution in [0.15, 0.2) is 40.2 Å². The molecule has 1 aromatic carbocycles. The molecule has 6 heteroatoms. The Hall–Kier alpha value is -1.40. The Labute approximate surface area is 117 Å². The van der Waals surface area contributed by atoms with E-state index in [1.165, 1.54) is 10.9 Å². The zero-order chi connectivity index (χ0) is 13.1. The van der Waals surface area contributed by atoms with Crippen molar-refractivity contribution in [2.24, 2.45) is 0 Å². The van der Waals surface area contributed by atoms with Gasteiger partial charge in [-0.25, -0.2) is 0 Å². The van der Waals surface area contributed by atoms with Gasteiger partial charge in [0.05, 0.1) is 11.5 Å². The van der Waals surface area contributed by atoms with Crippen molar-refractivity contribution in [1.29, 1.82) is 0 Å². The van der Waals surface area contributed by atoms with Crippen LogP contribution < -0.4 is 4.90 Å². The maximum Gasteiger partial charge on any atom is 0.293 e. The molecule has 18 heavy (non-hydrogen) atoms. The Morgan fingerprint density at radius 3 is 2.83 bits per heavy atom. The normalized spacial score (nSPS) is 10.3. The number of hydrogen-bond acceptors (Lipinski definition) is 4. The summed E-state index contributed by atoms with van der Waals surface area (Å²) in [4.78, 5) is 13.7. The number of halogens is 1. The largest absolute Gasteiger partial charge is 0.364 e. The lowest BCUT2D eigenvalue weighted by Gasteiger charge is -2.18. The molecule has 0 amide bonds. The number of benzene rings is 1. The van der Waals surface area contributed by atoms with E-state index in [1.54, 1.807) is 17.4 Å². The smallest absolute Gasteiger partial charge is 0.293 e. The number of nitrogens with zero attached hydrogens (tertiary/aromatic N) is 2. The highest BCUT2D eigenvalue weighted by Gasteiger charge is 2.17. The van der Waals surface area contributed by atoms with Crippen LogP contribution in [0.3, 0.4) is 0 Å². The van der Waals surface area contributed by atoms with Gasteiger partial charge in [-0.15, -0.1) is 11.3 Å². The summed E-state index contributed by atoms with van der Waals surface area (Å²) in [5.41, 5.74) is 0.736. The molecule has 0 aliphatic carbocycles. The van der Waals surface area contributed by atoms with Crippen LogP contribution in [-0.4, -0.2) is 12.0 Å². The van der Waals surface area contributed by atoms with E-state index in [2.05, 4.69) is 15.9 Å². The number of nitro groups is 1. The Balaban J connectivity index is 2.29. The van der Waals surface area contributed by atoms with E-state index in [0.29, 0.717) is 16.7 Å². The third-order valence-electron chi connectivity index (χ3n) is 2.52. The molecular weight excluding hydrogens is 316 g/mol. The van der Waals surface area contributed by atoms with Crippen LogP contribution in [0, 0.1) is 10.1 Å². The van der Waals surface area contributed by atoms with Gasteiger partial charge in [-0.2, -0.15) is 0 Å². The summed E-state index contributed by atoms with van der Waals surface area (Å²) in [5.74, 6) is 0. The summed E-state index contributed by atoms with van der Waals surface area (Å²) in [6, 6.07) is 9.10. The molecule has 0 spiro atoms. The van der Waals surface area contributed by atoms with Gasteiger partial charge in [0, 0.05) is 22.5 Å². The Bertz CT molecular complexity index is 557. The van der Waals surface area contributed by atoms with Crippen LogP contribution in [0.4, 0.5) is 11.4 Å². The minimum atomic E-state index is -0.356. The molecule has 94 valence electrons. The van der Waals surface area contributed by atoms with Crippen LogP contribution in [-0.2, 0) is 6.54 Å². The molecular formula is C12H11BrN2O2S. The summed E-state index contributed by atoms with van der Waals surface area (Å²) < 4.78 is 0.711. The van der Waals surface area contributed by atoms with Gasteiger partial charge in [0.2, 0.25) is 0 Å². The van der Waals surface area contributed by atoms with Gasteiger partial charge in [-0.1, -0.05) is 22.0 Å². The van der Waals surface area contributed by atoms with Crippen molar-refractivity contribution in [1.82, 2.24) is 0 Å². The topological polar surface area (TPSA) is 46.4 Å². The highest BCUT2D eigenvalue weighted by atomic mass is 79.9. The van der Waals surface area contributed by atoms with Crippen molar-refractivity contribution in [3.8, 4) is 0 Å². The number of anilines is 1. The maximum absolute atomic E-state index is 11.0. The lowest BCUT2D eigenvalue weighted by atomic mass is 10.2. The number of nitro benzene ring substituents is 1. The minimum Gasteiger partial charge on any atom is -0.364 e. The molecule has 0 bridgehead atoms. The average Bonchev–Trinajstić information content (AvgIpc) is 2.81. The van der Waals surface area contributed by atoms with Crippen molar-refractivity contribution >= 4 is 38.6 Å². The SMILES string of the molecule is CN(Cc1cccs1)c1ccc(Br)cc1[N+](=O)[O-]. The molecule has 1 heterocycles. The van der Waals surface area contributed by atoms with E-state index in [-0.39, 0.29) is 10.6 Å². The highest BCUT2D eigenvalue weighted by molar-refractivity contribution is 9.10. The Morgan fingerprint density at radius 1 is 1.44 bits per heavy atom. The monoisotopic (exact) mass is 326 g/mol. The van der Waals surface area contributed by atoms with Gasteiger partial charge >= 0.3 is 0 Å². The third-order valence-corrected chi connectivity index (χ3v) is 3.87. The second kappa shape index (κ2) is 5.49. The molecule has 0 N–H and O–H groups in total. The molecule has 0 radical (unpaired) electrons. The zero-order valence-corrected chi connectivity index (χ0v) is 12.1. The maximum atomic E-state index is 11.0. The fourth-order valence-electron chi connectivity index (χ4n) is 1.69. The van der Waals surface area contributed by atoms with Crippen LogP contribution in [0.2, 0.25) is 0 Å². The summed E-state index contributed by atoms with van der Waals surface area (Å²) in [5, 5.41) is 13.0. The fraction of sp³-hybridized carbons (Fsp3) is 0.167. The number of hydrogen-bond donors (Lipinski definition) is 0. The van der Waals surface area contributed by atoms with E-state index in [9.17, 15) is 10.1 Å². The number of thiophene rings is 1. The van der Waals surface area contributed by atoms with E-state index in [4.69, 9.17) is 0 Å². The van der Waals surface area contributed by atoms with E-state index in [1.807, 2.05) is 35.5 Å². The Morgan fingerprint density at radius 2 is 2.22 bits per heavy atom. The molecule has 1 aromatic heterocycles. The van der Waals surface area contributed by atoms with Gasteiger partial charge in [0.15, 0.2) is 0 Å². The van der Waals surface area contributed by atoms with Crippen molar-refractivity contribution in [3.63, 3.8) is 0 Å². The summed E-state index contributed by atoms with van der Waals surface area (Å²) >= 11 is 4.90. The Kier molecular flexibility index (Phi) is 3.98. The molecule has 0 aliphatic rings. The first-order chi connectivity index (χ1) is 8.58. The fourth-order valence-corrected chi connectivity index (χ4v) is 2.79. The number of rotatable bonds is 4. The summed E-state index contributed by atoms with van der Waals surface area (Å²) in [7, 11) is 1.86. The van der Waals surface area contributed by atoms with Gasteiger partial charge in [-0.3, -0.25) is 10.1 Å². The van der Waals surface area contributed by atoms with E-state index < -0.39 is 0 Å². The first kappa shape index (κ1) is 13.0. The van der Waals surface area contributed by atoms with E-state index >= 15 is 0 Å².